The lowest BCUT2D eigenvalue weighted by Crippen LogP contribution is -2.13. The van der Waals surface area contributed by atoms with E-state index in [1.54, 1.807) is 31.4 Å². The first-order valence-corrected chi connectivity index (χ1v) is 9.54. The highest BCUT2D eigenvalue weighted by molar-refractivity contribution is 7.90. The van der Waals surface area contributed by atoms with E-state index in [1.807, 2.05) is 0 Å². The van der Waals surface area contributed by atoms with Gasteiger partial charge in [0.2, 0.25) is 0 Å². The SMILES string of the molecule is COc1ccc(OCCOC(=O)c2ccc(S(C)(=O)=O)c([N+](=O)[O-])c2)cc1. The Morgan fingerprint density at radius 1 is 1.07 bits per heavy atom. The Hall–Kier alpha value is -3.14. The predicted octanol–water partition coefficient (Wildman–Crippen LogP) is 2.24. The Labute approximate surface area is 155 Å². The number of nitro groups is 1. The average Bonchev–Trinajstić information content (AvgIpc) is 2.64. The number of esters is 1. The molecule has 0 fully saturated rings. The van der Waals surface area contributed by atoms with Crippen molar-refractivity contribution in [3.05, 3.63) is 58.1 Å². The zero-order valence-electron chi connectivity index (χ0n) is 14.6. The Morgan fingerprint density at radius 3 is 2.26 bits per heavy atom. The lowest BCUT2D eigenvalue weighted by atomic mass is 10.2. The molecule has 0 aliphatic rings. The van der Waals surface area contributed by atoms with Gasteiger partial charge in [-0.1, -0.05) is 0 Å². The molecule has 10 heteroatoms. The molecule has 0 N–H and O–H groups in total. The summed E-state index contributed by atoms with van der Waals surface area (Å²) in [5.41, 5.74) is -0.806. The molecule has 0 saturated carbocycles. The smallest absolute Gasteiger partial charge is 0.338 e. The van der Waals surface area contributed by atoms with Crippen LogP contribution in [0.15, 0.2) is 47.4 Å². The van der Waals surface area contributed by atoms with Crippen LogP contribution in [0.25, 0.3) is 0 Å². The molecule has 0 bridgehead atoms. The molecule has 27 heavy (non-hydrogen) atoms. The summed E-state index contributed by atoms with van der Waals surface area (Å²) in [7, 11) is -2.26. The van der Waals surface area contributed by atoms with Crippen LogP contribution in [0.3, 0.4) is 0 Å². The van der Waals surface area contributed by atoms with Crippen molar-refractivity contribution in [2.75, 3.05) is 26.6 Å². The van der Waals surface area contributed by atoms with E-state index >= 15 is 0 Å². The maximum Gasteiger partial charge on any atom is 0.338 e. The van der Waals surface area contributed by atoms with Gasteiger partial charge in [-0.15, -0.1) is 0 Å². The van der Waals surface area contributed by atoms with Crippen molar-refractivity contribution in [2.45, 2.75) is 4.90 Å². The molecule has 2 aromatic carbocycles. The molecule has 0 atom stereocenters. The van der Waals surface area contributed by atoms with E-state index in [0.29, 0.717) is 11.5 Å². The molecule has 0 amide bonds. The first-order valence-electron chi connectivity index (χ1n) is 7.65. The van der Waals surface area contributed by atoms with Crippen LogP contribution >= 0.6 is 0 Å². The lowest BCUT2D eigenvalue weighted by Gasteiger charge is -2.08. The minimum Gasteiger partial charge on any atom is -0.497 e. The quantitative estimate of drug-likeness (QED) is 0.289. The highest BCUT2D eigenvalue weighted by Crippen LogP contribution is 2.25. The zero-order valence-corrected chi connectivity index (χ0v) is 15.4. The maximum atomic E-state index is 12.0. The summed E-state index contributed by atoms with van der Waals surface area (Å²) < 4.78 is 38.6. The summed E-state index contributed by atoms with van der Waals surface area (Å²) in [5, 5.41) is 11.1. The van der Waals surface area contributed by atoms with Crippen LogP contribution in [0.1, 0.15) is 10.4 Å². The van der Waals surface area contributed by atoms with Crippen LogP contribution in [0.2, 0.25) is 0 Å². The van der Waals surface area contributed by atoms with Crippen molar-refractivity contribution >= 4 is 21.5 Å². The van der Waals surface area contributed by atoms with Gasteiger partial charge in [0.15, 0.2) is 9.84 Å². The van der Waals surface area contributed by atoms with Crippen molar-refractivity contribution in [3.8, 4) is 11.5 Å². The Bertz CT molecular complexity index is 938. The molecule has 0 aliphatic carbocycles. The van der Waals surface area contributed by atoms with Gasteiger partial charge in [-0.05, 0) is 36.4 Å². The Balaban J connectivity index is 1.97. The second-order valence-corrected chi connectivity index (χ2v) is 7.36. The normalized spacial score (nSPS) is 10.9. The molecule has 0 spiro atoms. The predicted molar refractivity (Wildman–Crippen MR) is 95.0 cm³/mol. The molecule has 2 aromatic rings. The minimum atomic E-state index is -3.80. The molecule has 0 unspecified atom stereocenters. The van der Waals surface area contributed by atoms with E-state index in [4.69, 9.17) is 14.2 Å². The number of ether oxygens (including phenoxy) is 3. The molecule has 0 aromatic heterocycles. The summed E-state index contributed by atoms with van der Waals surface area (Å²) in [4.78, 5) is 21.7. The van der Waals surface area contributed by atoms with Crippen molar-refractivity contribution in [1.29, 1.82) is 0 Å². The van der Waals surface area contributed by atoms with Gasteiger partial charge >= 0.3 is 5.97 Å². The zero-order chi connectivity index (χ0) is 20.0. The standard InChI is InChI=1S/C17H17NO8S/c1-24-13-4-6-14(7-5-13)25-9-10-26-17(19)12-3-8-16(27(2,22)23)15(11-12)18(20)21/h3-8,11H,9-10H2,1-2H3. The Kier molecular flexibility index (Phi) is 6.35. The fraction of sp³-hybridized carbons (Fsp3) is 0.235. The number of hydrogen-bond acceptors (Lipinski definition) is 8. The highest BCUT2D eigenvalue weighted by atomic mass is 32.2. The van der Waals surface area contributed by atoms with E-state index in [-0.39, 0.29) is 18.8 Å². The summed E-state index contributed by atoms with van der Waals surface area (Å²) in [5.74, 6) is 0.407. The average molecular weight is 395 g/mol. The number of hydrogen-bond donors (Lipinski definition) is 0. The van der Waals surface area contributed by atoms with E-state index in [2.05, 4.69) is 0 Å². The highest BCUT2D eigenvalue weighted by Gasteiger charge is 2.24. The van der Waals surface area contributed by atoms with Crippen LogP contribution in [-0.2, 0) is 14.6 Å². The number of nitrogens with zero attached hydrogens (tertiary/aromatic N) is 1. The molecule has 0 heterocycles. The lowest BCUT2D eigenvalue weighted by molar-refractivity contribution is -0.387. The molecule has 0 radical (unpaired) electrons. The maximum absolute atomic E-state index is 12.0. The van der Waals surface area contributed by atoms with Crippen LogP contribution < -0.4 is 9.47 Å². The number of sulfone groups is 1. The second kappa shape index (κ2) is 8.49. The third kappa shape index (κ3) is 5.42. The summed E-state index contributed by atoms with van der Waals surface area (Å²) >= 11 is 0. The largest absolute Gasteiger partial charge is 0.497 e. The van der Waals surface area contributed by atoms with Crippen LogP contribution in [0, 0.1) is 10.1 Å². The van der Waals surface area contributed by atoms with E-state index < -0.39 is 31.3 Å². The number of methoxy groups -OCH3 is 1. The van der Waals surface area contributed by atoms with Crippen molar-refractivity contribution < 1.29 is 32.3 Å². The number of benzene rings is 2. The van der Waals surface area contributed by atoms with Gasteiger partial charge in [0.1, 0.15) is 29.6 Å². The number of carbonyl (C=O) groups excluding carboxylic acids is 1. The molecule has 9 nitrogen and oxygen atoms in total. The van der Waals surface area contributed by atoms with E-state index in [9.17, 15) is 23.3 Å². The summed E-state index contributed by atoms with van der Waals surface area (Å²) in [6, 6.07) is 9.85. The van der Waals surface area contributed by atoms with E-state index in [0.717, 1.165) is 24.5 Å². The van der Waals surface area contributed by atoms with Crippen LogP contribution in [-0.4, -0.2) is 45.9 Å². The first-order chi connectivity index (χ1) is 12.7. The van der Waals surface area contributed by atoms with Crippen molar-refractivity contribution in [2.24, 2.45) is 0 Å². The Morgan fingerprint density at radius 2 is 1.70 bits per heavy atom. The third-order valence-electron chi connectivity index (χ3n) is 3.44. The monoisotopic (exact) mass is 395 g/mol. The van der Waals surface area contributed by atoms with Crippen molar-refractivity contribution in [1.82, 2.24) is 0 Å². The number of carbonyl (C=O) groups is 1. The molecular formula is C17H17NO8S. The molecular weight excluding hydrogens is 378 g/mol. The second-order valence-electron chi connectivity index (χ2n) is 5.37. The van der Waals surface area contributed by atoms with Crippen molar-refractivity contribution in [3.63, 3.8) is 0 Å². The van der Waals surface area contributed by atoms with Gasteiger partial charge in [-0.2, -0.15) is 0 Å². The van der Waals surface area contributed by atoms with Gasteiger partial charge in [0, 0.05) is 12.3 Å². The fourth-order valence-corrected chi connectivity index (χ4v) is 2.98. The van der Waals surface area contributed by atoms with Crippen LogP contribution in [0.4, 0.5) is 5.69 Å². The topological polar surface area (TPSA) is 122 Å². The third-order valence-corrected chi connectivity index (χ3v) is 4.58. The van der Waals surface area contributed by atoms with Crippen LogP contribution in [0.5, 0.6) is 11.5 Å². The van der Waals surface area contributed by atoms with Gasteiger partial charge in [0.05, 0.1) is 17.6 Å². The summed E-state index contributed by atoms with van der Waals surface area (Å²) in [6.45, 7) is -0.0198. The molecule has 144 valence electrons. The first kappa shape index (κ1) is 20.2. The van der Waals surface area contributed by atoms with Gasteiger partial charge in [-0.3, -0.25) is 10.1 Å². The van der Waals surface area contributed by atoms with Gasteiger partial charge in [0.25, 0.3) is 5.69 Å². The molecule has 0 aliphatic heterocycles. The van der Waals surface area contributed by atoms with Gasteiger partial charge in [-0.25, -0.2) is 13.2 Å². The fourth-order valence-electron chi connectivity index (χ4n) is 2.15. The van der Waals surface area contributed by atoms with Gasteiger partial charge < -0.3 is 14.2 Å². The van der Waals surface area contributed by atoms with E-state index in [1.165, 1.54) is 0 Å². The number of nitro benzene ring substituents is 1. The molecule has 0 saturated heterocycles. The molecule has 2 rings (SSSR count). The summed E-state index contributed by atoms with van der Waals surface area (Å²) in [6.07, 6.45) is 0.851. The minimum absolute atomic E-state index is 0.0710. The number of rotatable bonds is 8.